The summed E-state index contributed by atoms with van der Waals surface area (Å²) in [5.41, 5.74) is 6.38. The molecule has 0 amide bonds. The fourth-order valence-corrected chi connectivity index (χ4v) is 0.765. The molecule has 0 saturated heterocycles. The first-order chi connectivity index (χ1) is 5.27. The van der Waals surface area contributed by atoms with Gasteiger partial charge in [-0.25, -0.2) is 4.98 Å². The van der Waals surface area contributed by atoms with Crippen molar-refractivity contribution < 1.29 is 0 Å². The van der Waals surface area contributed by atoms with Crippen molar-refractivity contribution in [3.8, 4) is 6.07 Å². The number of nitrogens with zero attached hydrogens (tertiary/aromatic N) is 2. The number of rotatable bonds is 1. The molecule has 0 radical (unpaired) electrons. The van der Waals surface area contributed by atoms with Gasteiger partial charge in [0.15, 0.2) is 0 Å². The highest BCUT2D eigenvalue weighted by Crippen LogP contribution is 2.12. The van der Waals surface area contributed by atoms with E-state index in [0.717, 1.165) is 0 Å². The van der Waals surface area contributed by atoms with E-state index in [2.05, 4.69) is 10.3 Å². The summed E-state index contributed by atoms with van der Waals surface area (Å²) in [6, 6.07) is 3.56. The molecule has 1 aromatic rings. The maximum absolute atomic E-state index is 8.59. The fraction of sp³-hybridized carbons (Fsp3) is 0.143. The monoisotopic (exact) mass is 148 g/mol. The number of nitrogen functional groups attached to an aromatic ring is 1. The quantitative estimate of drug-likeness (QED) is 0.610. The van der Waals surface area contributed by atoms with Gasteiger partial charge in [0.2, 0.25) is 0 Å². The fourth-order valence-electron chi connectivity index (χ4n) is 0.765. The van der Waals surface area contributed by atoms with E-state index >= 15 is 0 Å². The van der Waals surface area contributed by atoms with Crippen molar-refractivity contribution in [3.63, 3.8) is 0 Å². The minimum absolute atomic E-state index is 0.465. The van der Waals surface area contributed by atoms with Crippen LogP contribution in [0, 0.1) is 11.3 Å². The molecule has 1 heterocycles. The largest absolute Gasteiger partial charge is 0.397 e. The molecule has 56 valence electrons. The molecule has 1 rings (SSSR count). The predicted molar refractivity (Wildman–Crippen MR) is 42.9 cm³/mol. The van der Waals surface area contributed by atoms with Gasteiger partial charge < -0.3 is 11.1 Å². The SMILES string of the molecule is CNc1ncc(N)cc1C#N. The molecule has 0 atom stereocenters. The first-order valence-corrected chi connectivity index (χ1v) is 3.11. The van der Waals surface area contributed by atoms with E-state index in [1.165, 1.54) is 6.20 Å². The molecule has 0 aromatic carbocycles. The van der Waals surface area contributed by atoms with E-state index in [1.807, 2.05) is 6.07 Å². The van der Waals surface area contributed by atoms with Crippen molar-refractivity contribution >= 4 is 11.5 Å². The van der Waals surface area contributed by atoms with E-state index in [-0.39, 0.29) is 0 Å². The van der Waals surface area contributed by atoms with Crippen molar-refractivity contribution in [3.05, 3.63) is 17.8 Å². The predicted octanol–water partition coefficient (Wildman–Crippen LogP) is 0.577. The molecular formula is C7H8N4. The Kier molecular flexibility index (Phi) is 1.93. The summed E-state index contributed by atoms with van der Waals surface area (Å²) >= 11 is 0. The van der Waals surface area contributed by atoms with Crippen molar-refractivity contribution in [1.29, 1.82) is 5.26 Å². The van der Waals surface area contributed by atoms with Crippen LogP contribution in [0.4, 0.5) is 11.5 Å². The second-order valence-electron chi connectivity index (χ2n) is 2.03. The van der Waals surface area contributed by atoms with E-state index in [0.29, 0.717) is 17.1 Å². The molecule has 0 fully saturated rings. The van der Waals surface area contributed by atoms with Crippen LogP contribution in [0.5, 0.6) is 0 Å². The van der Waals surface area contributed by atoms with Gasteiger partial charge in [-0.2, -0.15) is 5.26 Å². The van der Waals surface area contributed by atoms with Crippen LogP contribution < -0.4 is 11.1 Å². The Hall–Kier alpha value is -1.76. The summed E-state index contributed by atoms with van der Waals surface area (Å²) in [4.78, 5) is 3.91. The first-order valence-electron chi connectivity index (χ1n) is 3.11. The van der Waals surface area contributed by atoms with Crippen molar-refractivity contribution in [2.45, 2.75) is 0 Å². The van der Waals surface area contributed by atoms with E-state index in [1.54, 1.807) is 13.1 Å². The molecule has 0 aliphatic rings. The maximum atomic E-state index is 8.59. The third-order valence-corrected chi connectivity index (χ3v) is 1.27. The smallest absolute Gasteiger partial charge is 0.143 e. The van der Waals surface area contributed by atoms with Gasteiger partial charge in [-0.1, -0.05) is 0 Å². The summed E-state index contributed by atoms with van der Waals surface area (Å²) in [5, 5.41) is 11.4. The van der Waals surface area contributed by atoms with Gasteiger partial charge in [-0.3, -0.25) is 0 Å². The maximum Gasteiger partial charge on any atom is 0.143 e. The highest BCUT2D eigenvalue weighted by Gasteiger charge is 1.99. The summed E-state index contributed by atoms with van der Waals surface area (Å²) in [7, 11) is 1.71. The lowest BCUT2D eigenvalue weighted by atomic mass is 10.2. The van der Waals surface area contributed by atoms with Crippen molar-refractivity contribution in [2.24, 2.45) is 0 Å². The molecule has 0 aliphatic heterocycles. The Morgan fingerprint density at radius 2 is 2.45 bits per heavy atom. The molecule has 0 bridgehead atoms. The number of pyridine rings is 1. The average Bonchev–Trinajstić information content (AvgIpc) is 2.04. The molecule has 0 spiro atoms. The molecular weight excluding hydrogens is 140 g/mol. The van der Waals surface area contributed by atoms with Crippen LogP contribution in [-0.2, 0) is 0 Å². The van der Waals surface area contributed by atoms with Crippen LogP contribution in [0.15, 0.2) is 12.3 Å². The molecule has 0 saturated carbocycles. The lowest BCUT2D eigenvalue weighted by Gasteiger charge is -2.00. The molecule has 0 aliphatic carbocycles. The summed E-state index contributed by atoms with van der Waals surface area (Å²) < 4.78 is 0. The lowest BCUT2D eigenvalue weighted by Crippen LogP contribution is -1.97. The number of aromatic nitrogens is 1. The molecule has 3 N–H and O–H groups in total. The van der Waals surface area contributed by atoms with Crippen LogP contribution in [0.2, 0.25) is 0 Å². The second kappa shape index (κ2) is 2.88. The summed E-state index contributed by atoms with van der Waals surface area (Å²) in [5.74, 6) is 0.557. The van der Waals surface area contributed by atoms with Crippen LogP contribution in [-0.4, -0.2) is 12.0 Å². The third-order valence-electron chi connectivity index (χ3n) is 1.27. The third kappa shape index (κ3) is 1.38. The number of hydrogen-bond acceptors (Lipinski definition) is 4. The average molecular weight is 148 g/mol. The summed E-state index contributed by atoms with van der Waals surface area (Å²) in [6.07, 6.45) is 1.51. The normalized spacial score (nSPS) is 8.73. The van der Waals surface area contributed by atoms with Gasteiger partial charge >= 0.3 is 0 Å². The zero-order valence-corrected chi connectivity index (χ0v) is 6.13. The molecule has 1 aromatic heterocycles. The second-order valence-corrected chi connectivity index (χ2v) is 2.03. The van der Waals surface area contributed by atoms with Crippen LogP contribution in [0.25, 0.3) is 0 Å². The molecule has 4 heteroatoms. The highest BCUT2D eigenvalue weighted by atomic mass is 15.0. The van der Waals surface area contributed by atoms with E-state index < -0.39 is 0 Å². The van der Waals surface area contributed by atoms with Gasteiger partial charge in [-0.15, -0.1) is 0 Å². The topological polar surface area (TPSA) is 74.7 Å². The standard InChI is InChI=1S/C7H8N4/c1-10-7-5(3-8)2-6(9)4-11-7/h2,4H,9H2,1H3,(H,10,11). The number of nitrogens with two attached hydrogens (primary N) is 1. The summed E-state index contributed by atoms with van der Waals surface area (Å²) in [6.45, 7) is 0. The Balaban J connectivity index is 3.19. The van der Waals surface area contributed by atoms with Gasteiger partial charge in [0.1, 0.15) is 11.9 Å². The van der Waals surface area contributed by atoms with Crippen molar-refractivity contribution in [2.75, 3.05) is 18.1 Å². The minimum Gasteiger partial charge on any atom is -0.397 e. The van der Waals surface area contributed by atoms with Gasteiger partial charge in [-0.05, 0) is 6.07 Å². The lowest BCUT2D eigenvalue weighted by molar-refractivity contribution is 1.27. The number of nitriles is 1. The van der Waals surface area contributed by atoms with E-state index in [4.69, 9.17) is 11.0 Å². The zero-order valence-electron chi connectivity index (χ0n) is 6.13. The van der Waals surface area contributed by atoms with Crippen molar-refractivity contribution in [1.82, 2.24) is 4.98 Å². The Labute approximate surface area is 64.7 Å². The van der Waals surface area contributed by atoms with Gasteiger partial charge in [0.05, 0.1) is 17.4 Å². The highest BCUT2D eigenvalue weighted by molar-refractivity contribution is 5.56. The van der Waals surface area contributed by atoms with Crippen LogP contribution in [0.1, 0.15) is 5.56 Å². The first kappa shape index (κ1) is 7.35. The van der Waals surface area contributed by atoms with Gasteiger partial charge in [0.25, 0.3) is 0 Å². The Bertz CT molecular complexity index is 300. The minimum atomic E-state index is 0.465. The van der Waals surface area contributed by atoms with Crippen LogP contribution in [0.3, 0.4) is 0 Å². The number of hydrogen-bond donors (Lipinski definition) is 2. The molecule has 0 unspecified atom stereocenters. The Morgan fingerprint density at radius 1 is 1.73 bits per heavy atom. The Morgan fingerprint density at radius 3 is 3.00 bits per heavy atom. The number of anilines is 2. The van der Waals surface area contributed by atoms with E-state index in [9.17, 15) is 0 Å². The molecule has 11 heavy (non-hydrogen) atoms. The van der Waals surface area contributed by atoms with Gasteiger partial charge in [0, 0.05) is 7.05 Å². The zero-order chi connectivity index (χ0) is 8.27. The van der Waals surface area contributed by atoms with Crippen LogP contribution >= 0.6 is 0 Å². The number of nitrogens with one attached hydrogen (secondary N) is 1. The molecule has 4 nitrogen and oxygen atoms in total.